The maximum absolute atomic E-state index is 13.8. The van der Waals surface area contributed by atoms with Gasteiger partial charge < -0.3 is 5.32 Å². The molecule has 31 heavy (non-hydrogen) atoms. The molecule has 0 radical (unpaired) electrons. The second kappa shape index (κ2) is 7.64. The lowest BCUT2D eigenvalue weighted by Gasteiger charge is -2.35. The van der Waals surface area contributed by atoms with Crippen molar-refractivity contribution in [1.82, 2.24) is 4.90 Å². The smallest absolute Gasteiger partial charge is 0.250 e. The van der Waals surface area contributed by atoms with Gasteiger partial charge in [-0.15, -0.1) is 0 Å². The Morgan fingerprint density at radius 3 is 2.35 bits per heavy atom. The lowest BCUT2D eigenvalue weighted by Crippen LogP contribution is -2.51. The van der Waals surface area contributed by atoms with E-state index in [0.717, 1.165) is 22.4 Å². The minimum Gasteiger partial charge on any atom is -0.324 e. The molecule has 3 atom stereocenters. The van der Waals surface area contributed by atoms with Crippen molar-refractivity contribution in [3.63, 3.8) is 0 Å². The number of likely N-dealkylation sites (N-methyl/N-ethyl adjacent to an activating group) is 1. The van der Waals surface area contributed by atoms with Crippen LogP contribution in [-0.4, -0.2) is 30.2 Å². The van der Waals surface area contributed by atoms with Crippen LogP contribution in [0.5, 0.6) is 0 Å². The number of hydrogen-bond acceptors (Lipinski definition) is 3. The Morgan fingerprint density at radius 2 is 1.61 bits per heavy atom. The fourth-order valence-corrected chi connectivity index (χ4v) is 5.27. The highest BCUT2D eigenvalue weighted by atomic mass is 16.2. The van der Waals surface area contributed by atoms with E-state index >= 15 is 0 Å². The molecule has 1 N–H and O–H groups in total. The van der Waals surface area contributed by atoms with Crippen molar-refractivity contribution in [3.05, 3.63) is 108 Å². The fraction of sp³-hybridized carbons (Fsp3) is 0.185. The van der Waals surface area contributed by atoms with Gasteiger partial charge in [-0.1, -0.05) is 84.9 Å². The van der Waals surface area contributed by atoms with Crippen molar-refractivity contribution in [1.29, 1.82) is 0 Å². The number of fused-ring (bicyclic) bond motifs is 2. The third-order valence-corrected chi connectivity index (χ3v) is 6.63. The van der Waals surface area contributed by atoms with Crippen LogP contribution in [0.15, 0.2) is 91.0 Å². The van der Waals surface area contributed by atoms with Gasteiger partial charge in [-0.2, -0.15) is 0 Å². The maximum atomic E-state index is 13.8. The van der Waals surface area contributed by atoms with E-state index in [1.54, 1.807) is 6.08 Å². The molecule has 3 aromatic carbocycles. The molecule has 1 saturated heterocycles. The molecule has 0 aliphatic carbocycles. The number of allylic oxidation sites excluding steroid dienone is 1. The van der Waals surface area contributed by atoms with Crippen molar-refractivity contribution in [3.8, 4) is 0 Å². The van der Waals surface area contributed by atoms with Crippen LogP contribution in [-0.2, 0) is 15.1 Å². The van der Waals surface area contributed by atoms with E-state index < -0.39 is 11.5 Å². The van der Waals surface area contributed by atoms with Gasteiger partial charge in [0.2, 0.25) is 5.91 Å². The van der Waals surface area contributed by atoms with E-state index in [9.17, 15) is 9.59 Å². The number of nitrogens with zero attached hydrogens (tertiary/aromatic N) is 1. The summed E-state index contributed by atoms with van der Waals surface area (Å²) in [5, 5.41) is 3.03. The number of para-hydroxylation sites is 1. The summed E-state index contributed by atoms with van der Waals surface area (Å²) in [6, 6.07) is 27.6. The molecule has 3 aromatic rings. The Balaban J connectivity index is 1.64. The molecule has 1 amide bonds. The second-order valence-corrected chi connectivity index (χ2v) is 8.29. The van der Waals surface area contributed by atoms with Crippen LogP contribution in [0.3, 0.4) is 0 Å². The summed E-state index contributed by atoms with van der Waals surface area (Å²) in [4.78, 5) is 29.3. The molecule has 0 bridgehead atoms. The van der Waals surface area contributed by atoms with Gasteiger partial charge in [0.05, 0.1) is 5.92 Å². The van der Waals surface area contributed by atoms with Crippen molar-refractivity contribution in [2.75, 3.05) is 18.9 Å². The zero-order valence-corrected chi connectivity index (χ0v) is 17.4. The number of amides is 1. The molecule has 0 unspecified atom stereocenters. The van der Waals surface area contributed by atoms with Crippen LogP contribution >= 0.6 is 0 Å². The van der Waals surface area contributed by atoms with Crippen LogP contribution in [0.4, 0.5) is 5.69 Å². The van der Waals surface area contributed by atoms with E-state index in [4.69, 9.17) is 0 Å². The fourth-order valence-electron chi connectivity index (χ4n) is 5.27. The van der Waals surface area contributed by atoms with E-state index in [1.165, 1.54) is 0 Å². The first-order valence-corrected chi connectivity index (χ1v) is 10.6. The summed E-state index contributed by atoms with van der Waals surface area (Å²) in [7, 11) is 1.95. The first-order valence-electron chi connectivity index (χ1n) is 10.6. The summed E-state index contributed by atoms with van der Waals surface area (Å²) in [6.45, 7) is 0.626. The maximum Gasteiger partial charge on any atom is 0.250 e. The SMILES string of the molecule is CN1C[C@H](c2ccccc2)[C@H](C(=O)/C=C/c2ccccc2)[C@]12C(=O)Nc1ccccc12. The molecule has 4 nitrogen and oxygen atoms in total. The monoisotopic (exact) mass is 408 g/mol. The van der Waals surface area contributed by atoms with Gasteiger partial charge in [0.1, 0.15) is 5.54 Å². The minimum absolute atomic E-state index is 0.0334. The number of nitrogens with one attached hydrogen (secondary N) is 1. The lowest BCUT2D eigenvalue weighted by atomic mass is 9.71. The van der Waals surface area contributed by atoms with E-state index in [0.29, 0.717) is 6.54 Å². The molecule has 154 valence electrons. The summed E-state index contributed by atoms with van der Waals surface area (Å²) in [5.41, 5.74) is 2.69. The largest absolute Gasteiger partial charge is 0.324 e. The average molecular weight is 409 g/mol. The van der Waals surface area contributed by atoms with E-state index in [2.05, 4.69) is 22.3 Å². The summed E-state index contributed by atoms with van der Waals surface area (Å²) in [5.74, 6) is -0.769. The van der Waals surface area contributed by atoms with Gasteiger partial charge >= 0.3 is 0 Å². The molecule has 5 rings (SSSR count). The molecular weight excluding hydrogens is 384 g/mol. The van der Waals surface area contributed by atoms with Crippen LogP contribution < -0.4 is 5.32 Å². The van der Waals surface area contributed by atoms with Gasteiger partial charge in [0, 0.05) is 23.7 Å². The van der Waals surface area contributed by atoms with Crippen molar-refractivity contribution in [2.24, 2.45) is 5.92 Å². The van der Waals surface area contributed by atoms with Gasteiger partial charge in [-0.05, 0) is 30.3 Å². The van der Waals surface area contributed by atoms with Crippen LogP contribution in [0.25, 0.3) is 6.08 Å². The summed E-state index contributed by atoms with van der Waals surface area (Å²) in [6.07, 6.45) is 3.49. The van der Waals surface area contributed by atoms with E-state index in [1.807, 2.05) is 85.9 Å². The first-order chi connectivity index (χ1) is 15.1. The molecule has 0 saturated carbocycles. The molecule has 2 heterocycles. The first kappa shape index (κ1) is 19.5. The zero-order chi connectivity index (χ0) is 21.4. The van der Waals surface area contributed by atoms with Gasteiger partial charge in [0.15, 0.2) is 5.78 Å². The highest BCUT2D eigenvalue weighted by Crippen LogP contribution is 2.54. The summed E-state index contributed by atoms with van der Waals surface area (Å²) < 4.78 is 0. The molecule has 0 aromatic heterocycles. The van der Waals surface area contributed by atoms with Crippen LogP contribution in [0.2, 0.25) is 0 Å². The lowest BCUT2D eigenvalue weighted by molar-refractivity contribution is -0.133. The highest BCUT2D eigenvalue weighted by Gasteiger charge is 2.63. The molecule has 1 fully saturated rings. The van der Waals surface area contributed by atoms with Gasteiger partial charge in [-0.3, -0.25) is 14.5 Å². The predicted molar refractivity (Wildman–Crippen MR) is 123 cm³/mol. The minimum atomic E-state index is -1.02. The zero-order valence-electron chi connectivity index (χ0n) is 17.4. The number of likely N-dealkylation sites (tertiary alicyclic amines) is 1. The molecule has 2 aliphatic heterocycles. The predicted octanol–water partition coefficient (Wildman–Crippen LogP) is 4.46. The number of hydrogen-bond donors (Lipinski definition) is 1. The quantitative estimate of drug-likeness (QED) is 0.649. The van der Waals surface area contributed by atoms with Crippen molar-refractivity contribution >= 4 is 23.5 Å². The van der Waals surface area contributed by atoms with Gasteiger partial charge in [0.25, 0.3) is 0 Å². The second-order valence-electron chi connectivity index (χ2n) is 8.29. The topological polar surface area (TPSA) is 49.4 Å². The third-order valence-electron chi connectivity index (χ3n) is 6.63. The number of anilines is 1. The number of carbonyl (C=O) groups is 2. The van der Waals surface area contributed by atoms with Crippen LogP contribution in [0, 0.1) is 5.92 Å². The van der Waals surface area contributed by atoms with E-state index in [-0.39, 0.29) is 17.6 Å². The molecular formula is C27H24N2O2. The standard InChI is InChI=1S/C27H24N2O2/c1-29-18-21(20-12-6-3-7-13-20)25(24(30)17-16-19-10-4-2-5-11-19)27(29)22-14-8-9-15-23(22)28-26(27)31/h2-17,21,25H,18H2,1H3,(H,28,31)/b17-16+/t21-,25-,27-/m1/s1. The number of benzene rings is 3. The van der Waals surface area contributed by atoms with Gasteiger partial charge in [-0.25, -0.2) is 0 Å². The van der Waals surface area contributed by atoms with Crippen molar-refractivity contribution < 1.29 is 9.59 Å². The number of rotatable bonds is 4. The molecule has 1 spiro atoms. The Hall–Kier alpha value is -3.50. The third kappa shape index (κ3) is 3.03. The van der Waals surface area contributed by atoms with Crippen LogP contribution in [0.1, 0.15) is 22.6 Å². The number of carbonyl (C=O) groups excluding carboxylic acids is 2. The highest BCUT2D eigenvalue weighted by molar-refractivity contribution is 6.11. The Morgan fingerprint density at radius 1 is 0.968 bits per heavy atom. The summed E-state index contributed by atoms with van der Waals surface area (Å²) >= 11 is 0. The van der Waals surface area contributed by atoms with Crippen molar-refractivity contribution in [2.45, 2.75) is 11.5 Å². The number of ketones is 1. The molecule has 4 heteroatoms. The Kier molecular flexibility index (Phi) is 4.79. The molecule has 2 aliphatic rings. The Bertz CT molecular complexity index is 1160. The average Bonchev–Trinajstić information content (AvgIpc) is 3.28. The normalized spacial score (nSPS) is 25.1. The Labute approximate surface area is 182 Å².